The molecule has 0 unspecified atom stereocenters. The summed E-state index contributed by atoms with van der Waals surface area (Å²) in [7, 11) is 0. The summed E-state index contributed by atoms with van der Waals surface area (Å²) in [5.74, 6) is 0. The smallest absolute Gasteiger partial charge is 0.289 e. The van der Waals surface area contributed by atoms with Crippen LogP contribution in [0.4, 0.5) is 11.4 Å². The van der Waals surface area contributed by atoms with E-state index in [9.17, 15) is 10.1 Å². The third-order valence-electron chi connectivity index (χ3n) is 3.27. The lowest BCUT2D eigenvalue weighted by Crippen LogP contribution is -2.23. The van der Waals surface area contributed by atoms with Crippen LogP contribution in [-0.2, 0) is 0 Å². The number of benzene rings is 1. The second kappa shape index (κ2) is 5.50. The minimum atomic E-state index is -0.486. The van der Waals surface area contributed by atoms with E-state index in [0.29, 0.717) is 0 Å². The van der Waals surface area contributed by atoms with Crippen molar-refractivity contribution >= 4 is 11.4 Å². The van der Waals surface area contributed by atoms with Gasteiger partial charge in [-0.25, -0.2) is 0 Å². The minimum Gasteiger partial charge on any atom is -0.371 e. The Hall–Kier alpha value is -2.09. The van der Waals surface area contributed by atoms with Gasteiger partial charge in [-0.05, 0) is 25.0 Å². The van der Waals surface area contributed by atoms with E-state index in [-0.39, 0.29) is 11.3 Å². The molecule has 1 aliphatic rings. The second-order valence-electron chi connectivity index (χ2n) is 4.47. The van der Waals surface area contributed by atoms with E-state index < -0.39 is 4.92 Å². The molecule has 18 heavy (non-hydrogen) atoms. The molecule has 1 fully saturated rings. The van der Waals surface area contributed by atoms with E-state index in [0.717, 1.165) is 31.6 Å². The van der Waals surface area contributed by atoms with Crippen molar-refractivity contribution in [2.45, 2.75) is 25.7 Å². The molecule has 0 N–H and O–H groups in total. The first kappa shape index (κ1) is 12.4. The molecule has 2 rings (SSSR count). The number of nitro groups is 1. The van der Waals surface area contributed by atoms with Crippen molar-refractivity contribution in [3.63, 3.8) is 0 Å². The van der Waals surface area contributed by atoms with Gasteiger partial charge in [-0.2, -0.15) is 5.26 Å². The monoisotopic (exact) mass is 245 g/mol. The Bertz CT molecular complexity index is 485. The van der Waals surface area contributed by atoms with Gasteiger partial charge in [0.25, 0.3) is 5.69 Å². The summed E-state index contributed by atoms with van der Waals surface area (Å²) < 4.78 is 0. The summed E-state index contributed by atoms with van der Waals surface area (Å²) in [6, 6.07) is 6.72. The molecule has 5 nitrogen and oxygen atoms in total. The third kappa shape index (κ3) is 2.59. The van der Waals surface area contributed by atoms with Crippen LogP contribution in [0.15, 0.2) is 18.2 Å². The predicted molar refractivity (Wildman–Crippen MR) is 68.5 cm³/mol. The Labute approximate surface area is 106 Å². The summed E-state index contributed by atoms with van der Waals surface area (Å²) in [5.41, 5.74) is 0.875. The highest BCUT2D eigenvalue weighted by Gasteiger charge is 2.17. The van der Waals surface area contributed by atoms with Crippen LogP contribution in [0.3, 0.4) is 0 Å². The molecule has 94 valence electrons. The third-order valence-corrected chi connectivity index (χ3v) is 3.27. The lowest BCUT2D eigenvalue weighted by molar-refractivity contribution is -0.385. The van der Waals surface area contributed by atoms with Crippen molar-refractivity contribution in [1.82, 2.24) is 0 Å². The van der Waals surface area contributed by atoms with Gasteiger partial charge in [0.1, 0.15) is 11.6 Å². The zero-order valence-corrected chi connectivity index (χ0v) is 10.1. The fourth-order valence-corrected chi connectivity index (χ4v) is 2.29. The maximum absolute atomic E-state index is 10.9. The molecule has 1 aliphatic heterocycles. The van der Waals surface area contributed by atoms with Crippen molar-refractivity contribution in [1.29, 1.82) is 5.26 Å². The molecular weight excluding hydrogens is 230 g/mol. The number of hydrogen-bond donors (Lipinski definition) is 0. The van der Waals surface area contributed by atoms with E-state index in [2.05, 4.69) is 4.90 Å². The van der Waals surface area contributed by atoms with E-state index in [1.807, 2.05) is 6.07 Å². The Morgan fingerprint density at radius 2 is 1.89 bits per heavy atom. The van der Waals surface area contributed by atoms with Crippen LogP contribution in [0.5, 0.6) is 0 Å². The first-order valence-corrected chi connectivity index (χ1v) is 6.16. The quantitative estimate of drug-likeness (QED) is 0.593. The number of rotatable bonds is 2. The van der Waals surface area contributed by atoms with Crippen LogP contribution in [0.1, 0.15) is 31.2 Å². The van der Waals surface area contributed by atoms with Crippen LogP contribution < -0.4 is 4.90 Å². The molecule has 0 aliphatic carbocycles. The Balaban J connectivity index is 2.31. The molecule has 0 radical (unpaired) electrons. The Morgan fingerprint density at radius 3 is 2.44 bits per heavy atom. The highest BCUT2D eigenvalue weighted by atomic mass is 16.6. The zero-order valence-electron chi connectivity index (χ0n) is 10.1. The lowest BCUT2D eigenvalue weighted by Gasteiger charge is -2.22. The van der Waals surface area contributed by atoms with Gasteiger partial charge in [-0.15, -0.1) is 0 Å². The molecule has 5 heteroatoms. The number of anilines is 1. The van der Waals surface area contributed by atoms with E-state index >= 15 is 0 Å². The van der Waals surface area contributed by atoms with Gasteiger partial charge in [0, 0.05) is 24.8 Å². The molecule has 1 aromatic rings. The first-order valence-electron chi connectivity index (χ1n) is 6.16. The summed E-state index contributed by atoms with van der Waals surface area (Å²) in [6.07, 6.45) is 4.67. The zero-order chi connectivity index (χ0) is 13.0. The summed E-state index contributed by atoms with van der Waals surface area (Å²) in [4.78, 5) is 12.6. The Kier molecular flexibility index (Phi) is 3.78. The average molecular weight is 245 g/mol. The number of hydrogen-bond acceptors (Lipinski definition) is 4. The van der Waals surface area contributed by atoms with Gasteiger partial charge in [0.05, 0.1) is 4.92 Å². The molecule has 1 saturated heterocycles. The maximum atomic E-state index is 10.9. The molecule has 0 spiro atoms. The number of nitrogens with zero attached hydrogens (tertiary/aromatic N) is 3. The summed E-state index contributed by atoms with van der Waals surface area (Å²) >= 11 is 0. The SMILES string of the molecule is N#Cc1ccc(N2CCCCCC2)cc1[N+](=O)[O-]. The van der Waals surface area contributed by atoms with Gasteiger partial charge in [0.15, 0.2) is 0 Å². The predicted octanol–water partition coefficient (Wildman–Crippen LogP) is 2.85. The van der Waals surface area contributed by atoms with E-state index in [1.54, 1.807) is 12.1 Å². The van der Waals surface area contributed by atoms with Crippen LogP contribution >= 0.6 is 0 Å². The Morgan fingerprint density at radius 1 is 1.22 bits per heavy atom. The van der Waals surface area contributed by atoms with Crippen molar-refractivity contribution in [3.05, 3.63) is 33.9 Å². The lowest BCUT2D eigenvalue weighted by atomic mass is 10.1. The molecule has 1 aromatic carbocycles. The van der Waals surface area contributed by atoms with Crippen molar-refractivity contribution in [2.75, 3.05) is 18.0 Å². The largest absolute Gasteiger partial charge is 0.371 e. The highest BCUT2D eigenvalue weighted by molar-refractivity contribution is 5.60. The van der Waals surface area contributed by atoms with Crippen molar-refractivity contribution in [3.8, 4) is 6.07 Å². The van der Waals surface area contributed by atoms with Crippen molar-refractivity contribution in [2.24, 2.45) is 0 Å². The van der Waals surface area contributed by atoms with Crippen LogP contribution in [0, 0.1) is 21.4 Å². The number of nitriles is 1. The molecule has 0 aromatic heterocycles. The highest BCUT2D eigenvalue weighted by Crippen LogP contribution is 2.26. The number of nitro benzene ring substituents is 1. The normalized spacial score (nSPS) is 15.8. The minimum absolute atomic E-state index is 0.0979. The van der Waals surface area contributed by atoms with Gasteiger partial charge in [0.2, 0.25) is 0 Å². The van der Waals surface area contributed by atoms with Gasteiger partial charge in [-0.1, -0.05) is 12.8 Å². The maximum Gasteiger partial charge on any atom is 0.289 e. The summed E-state index contributed by atoms with van der Waals surface area (Å²) in [6.45, 7) is 1.87. The van der Waals surface area contributed by atoms with Crippen LogP contribution in [-0.4, -0.2) is 18.0 Å². The van der Waals surface area contributed by atoms with E-state index in [1.165, 1.54) is 18.9 Å². The molecular formula is C13H15N3O2. The first-order chi connectivity index (χ1) is 8.72. The average Bonchev–Trinajstić information content (AvgIpc) is 2.66. The van der Waals surface area contributed by atoms with E-state index in [4.69, 9.17) is 5.26 Å². The van der Waals surface area contributed by atoms with Crippen molar-refractivity contribution < 1.29 is 4.92 Å². The fraction of sp³-hybridized carbons (Fsp3) is 0.462. The van der Waals surface area contributed by atoms with Crippen LogP contribution in [0.2, 0.25) is 0 Å². The fourth-order valence-electron chi connectivity index (χ4n) is 2.29. The van der Waals surface area contributed by atoms with Crippen LogP contribution in [0.25, 0.3) is 0 Å². The van der Waals surface area contributed by atoms with Gasteiger partial charge >= 0.3 is 0 Å². The second-order valence-corrected chi connectivity index (χ2v) is 4.47. The topological polar surface area (TPSA) is 70.2 Å². The van der Waals surface area contributed by atoms with Gasteiger partial charge < -0.3 is 4.90 Å². The molecule has 0 bridgehead atoms. The van der Waals surface area contributed by atoms with Gasteiger partial charge in [-0.3, -0.25) is 10.1 Å². The molecule has 0 saturated carbocycles. The standard InChI is InChI=1S/C13H15N3O2/c14-10-11-5-6-12(9-13(11)16(17)18)15-7-3-1-2-4-8-15/h5-6,9H,1-4,7-8H2. The summed E-state index contributed by atoms with van der Waals surface area (Å²) in [5, 5.41) is 19.8. The molecule has 0 amide bonds. The molecule has 0 atom stereocenters. The molecule has 1 heterocycles.